The van der Waals surface area contributed by atoms with Gasteiger partial charge in [0.15, 0.2) is 9.07 Å². The van der Waals surface area contributed by atoms with Gasteiger partial charge in [0.25, 0.3) is 0 Å². The third-order valence-electron chi connectivity index (χ3n) is 2.28. The molecular formula is C11H12N4S4. The average Bonchev–Trinajstić information content (AvgIpc) is 2.72. The molecule has 0 fully saturated rings. The maximum absolute atomic E-state index is 5.35. The molecule has 0 spiro atoms. The summed E-state index contributed by atoms with van der Waals surface area (Å²) < 4.78 is 2.78. The fourth-order valence-electron chi connectivity index (χ4n) is 1.31. The summed E-state index contributed by atoms with van der Waals surface area (Å²) in [5.41, 5.74) is 1.09. The molecule has 0 saturated heterocycles. The van der Waals surface area contributed by atoms with Gasteiger partial charge in [-0.25, -0.2) is 0 Å². The monoisotopic (exact) mass is 328 g/mol. The molecule has 2 rings (SSSR count). The van der Waals surface area contributed by atoms with Crippen molar-refractivity contribution in [1.82, 2.24) is 14.5 Å². The van der Waals surface area contributed by atoms with Crippen LogP contribution in [0.25, 0.3) is 0 Å². The lowest BCUT2D eigenvalue weighted by Gasteiger charge is -2.08. The van der Waals surface area contributed by atoms with Crippen molar-refractivity contribution in [3.63, 3.8) is 0 Å². The number of aromatic nitrogens is 2. The second-order valence-electron chi connectivity index (χ2n) is 3.95. The number of thiocarbonyl (C=S) groups is 1. The highest BCUT2D eigenvalue weighted by atomic mass is 32.9. The maximum atomic E-state index is 5.35. The molecule has 0 saturated carbocycles. The van der Waals surface area contributed by atoms with Crippen LogP contribution in [0, 0.1) is 3.95 Å². The molecule has 0 aromatic carbocycles. The van der Waals surface area contributed by atoms with Gasteiger partial charge in [0.1, 0.15) is 0 Å². The van der Waals surface area contributed by atoms with Gasteiger partial charge in [0, 0.05) is 26.5 Å². The Balaban J connectivity index is 2.39. The molecule has 0 N–H and O–H groups in total. The molecule has 0 radical (unpaired) electrons. The molecular weight excluding hydrogens is 316 g/mol. The Labute approximate surface area is 129 Å². The molecule has 0 bridgehead atoms. The van der Waals surface area contributed by atoms with E-state index in [0.717, 1.165) is 14.3 Å². The third kappa shape index (κ3) is 3.75. The largest absolute Gasteiger partial charge is 0.353 e. The molecule has 2 aromatic rings. The fraction of sp³-hybridized carbons (Fsp3) is 0.273. The van der Waals surface area contributed by atoms with E-state index < -0.39 is 0 Å². The average molecular weight is 329 g/mol. The van der Waals surface area contributed by atoms with Crippen molar-refractivity contribution < 1.29 is 0 Å². The first kappa shape index (κ1) is 14.4. The Kier molecular flexibility index (Phi) is 4.92. The molecule has 0 amide bonds. The van der Waals surface area contributed by atoms with Crippen LogP contribution in [0.2, 0.25) is 0 Å². The number of nitrogens with zero attached hydrogens (tertiary/aromatic N) is 4. The highest BCUT2D eigenvalue weighted by Gasteiger charge is 2.04. The molecule has 0 aliphatic carbocycles. The van der Waals surface area contributed by atoms with Crippen molar-refractivity contribution in [2.24, 2.45) is 4.99 Å². The molecule has 0 aliphatic rings. The first-order valence-electron chi connectivity index (χ1n) is 5.43. The van der Waals surface area contributed by atoms with Crippen molar-refractivity contribution >= 4 is 50.2 Å². The van der Waals surface area contributed by atoms with E-state index >= 15 is 0 Å². The number of hydrogen-bond acceptors (Lipinski definition) is 5. The zero-order valence-corrected chi connectivity index (χ0v) is 13.7. The lowest BCUT2D eigenvalue weighted by Crippen LogP contribution is -2.23. The Bertz CT molecular complexity index is 680. The zero-order valence-electron chi connectivity index (χ0n) is 10.4. The fourth-order valence-corrected chi connectivity index (χ4v) is 3.87. The van der Waals surface area contributed by atoms with Gasteiger partial charge in [-0.3, -0.25) is 9.55 Å². The van der Waals surface area contributed by atoms with Gasteiger partial charge in [-0.2, -0.15) is 4.99 Å². The minimum atomic E-state index is 0.545. The molecule has 0 unspecified atom stereocenters. The minimum Gasteiger partial charge on any atom is -0.353 e. The third-order valence-corrected chi connectivity index (χ3v) is 5.60. The van der Waals surface area contributed by atoms with Gasteiger partial charge in [0.05, 0.1) is 6.54 Å². The Morgan fingerprint density at radius 1 is 1.47 bits per heavy atom. The van der Waals surface area contributed by atoms with Crippen LogP contribution in [0.15, 0.2) is 29.5 Å². The van der Waals surface area contributed by atoms with E-state index in [1.54, 1.807) is 21.4 Å². The predicted octanol–water partition coefficient (Wildman–Crippen LogP) is 2.53. The summed E-state index contributed by atoms with van der Waals surface area (Å²) >= 11 is 10.5. The van der Waals surface area contributed by atoms with E-state index in [2.05, 4.69) is 9.98 Å². The highest BCUT2D eigenvalue weighted by Crippen LogP contribution is 2.08. The van der Waals surface area contributed by atoms with Crippen LogP contribution in [0.5, 0.6) is 0 Å². The molecule has 100 valence electrons. The minimum absolute atomic E-state index is 0.545. The van der Waals surface area contributed by atoms with E-state index in [0.29, 0.717) is 11.7 Å². The topological polar surface area (TPSA) is 33.4 Å². The van der Waals surface area contributed by atoms with E-state index in [4.69, 9.17) is 24.4 Å². The number of hydrogen-bond donors (Lipinski definition) is 0. The van der Waals surface area contributed by atoms with Crippen molar-refractivity contribution in [3.8, 4) is 0 Å². The van der Waals surface area contributed by atoms with Crippen LogP contribution in [0.3, 0.4) is 0 Å². The van der Waals surface area contributed by atoms with Crippen LogP contribution < -0.4 is 4.80 Å². The second kappa shape index (κ2) is 6.47. The lowest BCUT2D eigenvalue weighted by atomic mass is 10.3. The second-order valence-corrected chi connectivity index (χ2v) is 7.05. The summed E-state index contributed by atoms with van der Waals surface area (Å²) in [4.78, 5) is 11.2. The Morgan fingerprint density at radius 3 is 2.89 bits per heavy atom. The maximum Gasteiger partial charge on any atom is 0.204 e. The molecule has 0 aliphatic heterocycles. The van der Waals surface area contributed by atoms with E-state index in [1.165, 1.54) is 10.3 Å². The Morgan fingerprint density at radius 2 is 2.26 bits per heavy atom. The molecule has 2 heterocycles. The Hall–Kier alpha value is -0.960. The van der Waals surface area contributed by atoms with Gasteiger partial charge in [0.2, 0.25) is 4.80 Å². The van der Waals surface area contributed by atoms with Gasteiger partial charge < -0.3 is 4.90 Å². The van der Waals surface area contributed by atoms with Crippen molar-refractivity contribution in [2.45, 2.75) is 6.54 Å². The first-order valence-corrected chi connectivity index (χ1v) is 8.39. The quantitative estimate of drug-likeness (QED) is 0.627. The van der Waals surface area contributed by atoms with Gasteiger partial charge in [-0.1, -0.05) is 6.07 Å². The number of rotatable bonds is 2. The van der Waals surface area contributed by atoms with Crippen LogP contribution >= 0.6 is 45.1 Å². The van der Waals surface area contributed by atoms with Crippen molar-refractivity contribution in [2.75, 3.05) is 14.1 Å². The van der Waals surface area contributed by atoms with Gasteiger partial charge in [-0.05, 0) is 56.7 Å². The summed E-state index contributed by atoms with van der Waals surface area (Å²) in [6.07, 6.45) is 3.59. The van der Waals surface area contributed by atoms with Crippen LogP contribution in [0.1, 0.15) is 5.56 Å². The predicted molar refractivity (Wildman–Crippen MR) is 86.2 cm³/mol. The molecule has 8 heteroatoms. The number of pyridine rings is 1. The molecule has 2 aromatic heterocycles. The van der Waals surface area contributed by atoms with Crippen LogP contribution in [-0.2, 0) is 6.54 Å². The summed E-state index contributed by atoms with van der Waals surface area (Å²) in [5.74, 6) is 0. The smallest absolute Gasteiger partial charge is 0.204 e. The first-order chi connectivity index (χ1) is 9.08. The van der Waals surface area contributed by atoms with E-state index in [-0.39, 0.29) is 0 Å². The van der Waals surface area contributed by atoms with E-state index in [1.807, 2.05) is 37.0 Å². The normalized spacial score (nSPS) is 11.6. The standard InChI is InChI=1S/C11H12N4S4/c1-14(2)9(16)13-10-15(11(17)19-18-10)7-8-4-3-5-12-6-8/h3-6H,7H2,1-2H3/b13-10-. The van der Waals surface area contributed by atoms with Gasteiger partial charge in [-0.15, -0.1) is 0 Å². The van der Waals surface area contributed by atoms with E-state index in [9.17, 15) is 0 Å². The zero-order chi connectivity index (χ0) is 13.8. The van der Waals surface area contributed by atoms with Gasteiger partial charge >= 0.3 is 0 Å². The molecule has 0 atom stereocenters. The van der Waals surface area contributed by atoms with Crippen molar-refractivity contribution in [3.05, 3.63) is 38.8 Å². The summed E-state index contributed by atoms with van der Waals surface area (Å²) in [6, 6.07) is 3.93. The summed E-state index contributed by atoms with van der Waals surface area (Å²) in [6.45, 7) is 0.668. The molecule has 4 nitrogen and oxygen atoms in total. The van der Waals surface area contributed by atoms with Crippen LogP contribution in [0.4, 0.5) is 0 Å². The van der Waals surface area contributed by atoms with Crippen molar-refractivity contribution in [1.29, 1.82) is 0 Å². The molecule has 19 heavy (non-hydrogen) atoms. The lowest BCUT2D eigenvalue weighted by molar-refractivity contribution is 0.624. The highest BCUT2D eigenvalue weighted by molar-refractivity contribution is 7.80. The SMILES string of the molecule is CN(C)C(=S)/N=c1\ssc(=S)n1Cc1cccnc1. The summed E-state index contributed by atoms with van der Waals surface area (Å²) in [5, 5.41) is 0.545. The van der Waals surface area contributed by atoms with Crippen LogP contribution in [-0.4, -0.2) is 33.7 Å². The summed E-state index contributed by atoms with van der Waals surface area (Å²) in [7, 11) is 6.83.